The van der Waals surface area contributed by atoms with Crippen LogP contribution in [0.15, 0.2) is 78.9 Å². The van der Waals surface area contributed by atoms with Gasteiger partial charge in [0.15, 0.2) is 0 Å². The summed E-state index contributed by atoms with van der Waals surface area (Å²) in [6.07, 6.45) is 5.90. The first kappa shape index (κ1) is 32.9. The molecule has 12 heteroatoms. The van der Waals surface area contributed by atoms with Crippen molar-refractivity contribution in [1.82, 2.24) is 10.2 Å². The largest absolute Gasteiger partial charge is 0.455 e. The second-order valence-electron chi connectivity index (χ2n) is 12.1. The molecule has 4 heterocycles. The standard InChI is InChI=1S/C35H38ClN3O8/c1-45-21-25-30(22-9-3-2-4-10-22)46-34(44)28-26(11-5-6-12-27(41)37-25)47-35-17-7-18-38(24-15-13-23(36)14-16-24)33(43)31(35)39(19-8-20-40)32(42)29(28)35/h2-5,7,9-11,13-17,25-26,28-31,40H,6,8,12,18-21H2,1H3,(H,37,41)/b11-5-/t25-,26-,28+,29+,30-,31-,35+/m0/s1. The summed E-state index contributed by atoms with van der Waals surface area (Å²) in [6.45, 7) is 0.170. The van der Waals surface area contributed by atoms with E-state index in [2.05, 4.69) is 5.32 Å². The van der Waals surface area contributed by atoms with E-state index >= 15 is 0 Å². The number of halogens is 1. The normalized spacial score (nSPS) is 31.6. The summed E-state index contributed by atoms with van der Waals surface area (Å²) in [5.41, 5.74) is -0.259. The van der Waals surface area contributed by atoms with Crippen LogP contribution in [-0.4, -0.2) is 90.9 Å². The van der Waals surface area contributed by atoms with E-state index in [9.17, 15) is 24.3 Å². The van der Waals surface area contributed by atoms with Gasteiger partial charge in [0.05, 0.1) is 24.7 Å². The number of benzene rings is 2. The number of anilines is 1. The molecule has 2 fully saturated rings. The number of fused-ring (bicyclic) bond motifs is 2. The van der Waals surface area contributed by atoms with E-state index in [0.29, 0.717) is 22.7 Å². The predicted molar refractivity (Wildman–Crippen MR) is 172 cm³/mol. The minimum absolute atomic E-state index is 0.0695. The van der Waals surface area contributed by atoms with Crippen LogP contribution >= 0.6 is 11.6 Å². The highest BCUT2D eigenvalue weighted by Gasteiger charge is 2.71. The second kappa shape index (κ2) is 14.0. The fraction of sp³-hybridized carbons (Fsp3) is 0.429. The second-order valence-corrected chi connectivity index (χ2v) is 12.6. The molecule has 11 nitrogen and oxygen atoms in total. The Morgan fingerprint density at radius 1 is 1.04 bits per heavy atom. The Labute approximate surface area is 278 Å². The molecule has 2 aromatic rings. The quantitative estimate of drug-likeness (QED) is 0.341. The maximum absolute atomic E-state index is 14.5. The van der Waals surface area contributed by atoms with Gasteiger partial charge in [0.2, 0.25) is 11.8 Å². The third kappa shape index (κ3) is 6.20. The number of nitrogens with zero attached hydrogens (tertiary/aromatic N) is 2. The average Bonchev–Trinajstić information content (AvgIpc) is 3.45. The van der Waals surface area contributed by atoms with Crippen molar-refractivity contribution in [3.05, 3.63) is 89.5 Å². The van der Waals surface area contributed by atoms with Gasteiger partial charge in [-0.15, -0.1) is 0 Å². The third-order valence-electron chi connectivity index (χ3n) is 9.25. The summed E-state index contributed by atoms with van der Waals surface area (Å²) >= 11 is 6.12. The number of rotatable bonds is 7. The Morgan fingerprint density at radius 2 is 1.81 bits per heavy atom. The summed E-state index contributed by atoms with van der Waals surface area (Å²) in [5, 5.41) is 13.2. The van der Waals surface area contributed by atoms with Crippen LogP contribution < -0.4 is 10.2 Å². The van der Waals surface area contributed by atoms with Crippen molar-refractivity contribution in [3.63, 3.8) is 0 Å². The number of carbonyl (C=O) groups excluding carboxylic acids is 4. The fourth-order valence-electron chi connectivity index (χ4n) is 7.22. The van der Waals surface area contributed by atoms with Crippen LogP contribution in [0.3, 0.4) is 0 Å². The highest BCUT2D eigenvalue weighted by molar-refractivity contribution is 6.30. The number of nitrogens with one attached hydrogen (secondary N) is 1. The molecular formula is C35H38ClN3O8. The van der Waals surface area contributed by atoms with Gasteiger partial charge in [0.25, 0.3) is 5.91 Å². The lowest BCUT2D eigenvalue weighted by Crippen LogP contribution is -2.55. The van der Waals surface area contributed by atoms with Gasteiger partial charge in [-0.05, 0) is 42.7 Å². The van der Waals surface area contributed by atoms with Crippen LogP contribution in [0.4, 0.5) is 5.69 Å². The number of aliphatic hydroxyl groups is 1. The van der Waals surface area contributed by atoms with Gasteiger partial charge in [-0.25, -0.2) is 0 Å². The number of ether oxygens (including phenoxy) is 3. The predicted octanol–water partition coefficient (Wildman–Crippen LogP) is 2.97. The van der Waals surface area contributed by atoms with Gasteiger partial charge in [-0.1, -0.05) is 66.2 Å². The van der Waals surface area contributed by atoms with Crippen molar-refractivity contribution in [2.24, 2.45) is 11.8 Å². The molecule has 0 saturated carbocycles. The fourth-order valence-corrected chi connectivity index (χ4v) is 7.35. The van der Waals surface area contributed by atoms with Crippen LogP contribution in [0, 0.1) is 11.8 Å². The molecule has 4 aliphatic heterocycles. The molecule has 4 aliphatic rings. The van der Waals surface area contributed by atoms with Gasteiger partial charge in [-0.3, -0.25) is 19.2 Å². The summed E-state index contributed by atoms with van der Waals surface area (Å²) in [6, 6.07) is 14.1. The minimum atomic E-state index is -1.49. The summed E-state index contributed by atoms with van der Waals surface area (Å²) in [5.74, 6) is -3.93. The Hall–Kier alpha value is -4.03. The van der Waals surface area contributed by atoms with Crippen molar-refractivity contribution < 1.29 is 38.5 Å². The summed E-state index contributed by atoms with van der Waals surface area (Å²) < 4.78 is 18.4. The first-order valence-corrected chi connectivity index (χ1v) is 16.2. The number of amides is 3. The number of esters is 1. The molecule has 47 heavy (non-hydrogen) atoms. The zero-order chi connectivity index (χ0) is 33.1. The average molecular weight is 664 g/mol. The number of hydrogen-bond donors (Lipinski definition) is 2. The van der Waals surface area contributed by atoms with Crippen molar-refractivity contribution in [1.29, 1.82) is 0 Å². The van der Waals surface area contributed by atoms with E-state index in [1.54, 1.807) is 65.6 Å². The van der Waals surface area contributed by atoms with Crippen LogP contribution in [0.5, 0.6) is 0 Å². The molecule has 0 unspecified atom stereocenters. The molecule has 2 aromatic carbocycles. The van der Waals surface area contributed by atoms with Gasteiger partial charge in [0.1, 0.15) is 23.7 Å². The van der Waals surface area contributed by atoms with Crippen molar-refractivity contribution in [2.75, 3.05) is 38.3 Å². The van der Waals surface area contributed by atoms with Crippen molar-refractivity contribution in [3.8, 4) is 0 Å². The number of cyclic esters (lactones) is 1. The highest BCUT2D eigenvalue weighted by atomic mass is 35.5. The number of hydrogen-bond acceptors (Lipinski definition) is 8. The molecule has 0 bridgehead atoms. The lowest BCUT2D eigenvalue weighted by molar-refractivity contribution is -0.162. The maximum Gasteiger partial charge on any atom is 0.313 e. The minimum Gasteiger partial charge on any atom is -0.455 e. The lowest BCUT2D eigenvalue weighted by atomic mass is 9.77. The molecule has 248 valence electrons. The van der Waals surface area contributed by atoms with E-state index in [1.807, 2.05) is 18.2 Å². The van der Waals surface area contributed by atoms with Gasteiger partial charge < -0.3 is 34.4 Å². The highest BCUT2D eigenvalue weighted by Crippen LogP contribution is 2.53. The Morgan fingerprint density at radius 3 is 2.53 bits per heavy atom. The molecular weight excluding hydrogens is 626 g/mol. The number of allylic oxidation sites excluding steroid dienone is 1. The van der Waals surface area contributed by atoms with E-state index in [4.69, 9.17) is 25.8 Å². The summed E-state index contributed by atoms with van der Waals surface area (Å²) in [4.78, 5) is 59.4. The third-order valence-corrected chi connectivity index (χ3v) is 9.51. The lowest BCUT2D eigenvalue weighted by Gasteiger charge is -2.35. The van der Waals surface area contributed by atoms with E-state index in [0.717, 1.165) is 0 Å². The number of methoxy groups -OCH3 is 1. The van der Waals surface area contributed by atoms with E-state index < -0.39 is 53.6 Å². The molecule has 7 atom stereocenters. The van der Waals surface area contributed by atoms with Crippen LogP contribution in [0.2, 0.25) is 5.02 Å². The van der Waals surface area contributed by atoms with Crippen LogP contribution in [0.25, 0.3) is 0 Å². The molecule has 1 spiro atoms. The molecule has 6 rings (SSSR count). The SMILES string of the molecule is COC[C@@H]1NC(=O)CC/C=C\[C@@H]2O[C@@]34C=CCN(c5ccc(Cl)cc5)C(=O)[C@@H]3N(CCCO)C(=O)[C@H]4[C@@H]2C(=O)O[C@H]1c1ccccc1. The molecule has 2 saturated heterocycles. The maximum atomic E-state index is 14.5. The number of carbonyl (C=O) groups is 4. The van der Waals surface area contributed by atoms with Crippen LogP contribution in [-0.2, 0) is 33.4 Å². The van der Waals surface area contributed by atoms with Crippen molar-refractivity contribution in [2.45, 2.75) is 49.2 Å². The summed E-state index contributed by atoms with van der Waals surface area (Å²) in [7, 11) is 1.50. The Kier molecular flexibility index (Phi) is 9.79. The number of aliphatic hydroxyl groups excluding tert-OH is 1. The Balaban J connectivity index is 1.43. The van der Waals surface area contributed by atoms with Gasteiger partial charge in [-0.2, -0.15) is 0 Å². The monoisotopic (exact) mass is 663 g/mol. The first-order valence-electron chi connectivity index (χ1n) is 15.8. The molecule has 0 radical (unpaired) electrons. The topological polar surface area (TPSA) is 135 Å². The molecule has 0 aromatic heterocycles. The molecule has 2 N–H and O–H groups in total. The van der Waals surface area contributed by atoms with Gasteiger partial charge in [0, 0.05) is 43.9 Å². The van der Waals surface area contributed by atoms with Crippen LogP contribution in [0.1, 0.15) is 30.9 Å². The van der Waals surface area contributed by atoms with E-state index in [1.165, 1.54) is 12.0 Å². The van der Waals surface area contributed by atoms with Crippen molar-refractivity contribution >= 4 is 41.0 Å². The zero-order valence-corrected chi connectivity index (χ0v) is 26.8. The Bertz CT molecular complexity index is 1550. The molecule has 3 amide bonds. The van der Waals surface area contributed by atoms with Gasteiger partial charge >= 0.3 is 5.97 Å². The number of likely N-dealkylation sites (tertiary alicyclic amines) is 1. The molecule has 0 aliphatic carbocycles. The van der Waals surface area contributed by atoms with E-state index in [-0.39, 0.29) is 51.0 Å². The first-order chi connectivity index (χ1) is 22.8. The smallest absolute Gasteiger partial charge is 0.313 e. The zero-order valence-electron chi connectivity index (χ0n) is 26.0.